The zero-order valence-corrected chi connectivity index (χ0v) is 10.3. The molecule has 2 rings (SSSR count). The highest BCUT2D eigenvalue weighted by Crippen LogP contribution is 2.39. The molecule has 3 N–H and O–H groups in total. The van der Waals surface area contributed by atoms with Gasteiger partial charge in [0.2, 0.25) is 0 Å². The third-order valence-electron chi connectivity index (χ3n) is 3.53. The lowest BCUT2D eigenvalue weighted by molar-refractivity contribution is -0.150. The van der Waals surface area contributed by atoms with Gasteiger partial charge in [-0.05, 0) is 24.1 Å². The summed E-state index contributed by atoms with van der Waals surface area (Å²) in [6.07, 6.45) is 0. The number of aliphatic hydroxyl groups is 1. The number of hydrogen-bond donors (Lipinski definition) is 2. The fraction of sp³-hybridized carbons (Fsp3) is 0.538. The molecule has 0 saturated carbocycles. The highest BCUT2D eigenvalue weighted by atomic mass is 16.5. The number of methoxy groups -OCH3 is 1. The molecule has 1 heterocycles. The van der Waals surface area contributed by atoms with Crippen molar-refractivity contribution >= 4 is 0 Å². The summed E-state index contributed by atoms with van der Waals surface area (Å²) < 4.78 is 10.4. The van der Waals surface area contributed by atoms with Crippen LogP contribution in [-0.4, -0.2) is 32.0 Å². The molecule has 0 spiro atoms. The molecule has 1 fully saturated rings. The molecule has 0 bridgehead atoms. The molecule has 1 unspecified atom stereocenters. The van der Waals surface area contributed by atoms with Crippen molar-refractivity contribution in [1.82, 2.24) is 0 Å². The summed E-state index contributed by atoms with van der Waals surface area (Å²) in [5.41, 5.74) is 7.97. The minimum Gasteiger partial charge on any atom is -0.496 e. The molecule has 94 valence electrons. The Labute approximate surface area is 101 Å². The summed E-state index contributed by atoms with van der Waals surface area (Å²) in [6, 6.07) is 5.67. The van der Waals surface area contributed by atoms with E-state index < -0.39 is 0 Å². The van der Waals surface area contributed by atoms with Gasteiger partial charge in [0.15, 0.2) is 0 Å². The molecule has 1 atom stereocenters. The van der Waals surface area contributed by atoms with Crippen LogP contribution in [0.15, 0.2) is 18.2 Å². The highest BCUT2D eigenvalue weighted by molar-refractivity contribution is 5.38. The maximum absolute atomic E-state index is 9.45. The Morgan fingerprint density at radius 1 is 1.53 bits per heavy atom. The molecular weight excluding hydrogens is 218 g/mol. The van der Waals surface area contributed by atoms with Gasteiger partial charge in [0.25, 0.3) is 0 Å². The normalized spacial score (nSPS) is 19.5. The number of ether oxygens (including phenoxy) is 2. The van der Waals surface area contributed by atoms with Crippen molar-refractivity contribution in [2.24, 2.45) is 11.1 Å². The molecule has 1 aliphatic heterocycles. The second kappa shape index (κ2) is 4.64. The number of benzene rings is 1. The van der Waals surface area contributed by atoms with E-state index in [1.54, 1.807) is 7.11 Å². The number of aliphatic hydroxyl groups excluding tert-OH is 1. The Balaban J connectivity index is 2.25. The number of rotatable bonds is 4. The summed E-state index contributed by atoms with van der Waals surface area (Å²) in [5.74, 6) is 0.851. The van der Waals surface area contributed by atoms with Crippen LogP contribution >= 0.6 is 0 Å². The fourth-order valence-corrected chi connectivity index (χ4v) is 2.18. The molecule has 0 amide bonds. The summed E-state index contributed by atoms with van der Waals surface area (Å²) in [5, 5.41) is 9.45. The molecule has 4 nitrogen and oxygen atoms in total. The van der Waals surface area contributed by atoms with Gasteiger partial charge in [0.1, 0.15) is 5.75 Å². The SMILES string of the molecule is COc1ccc(C(N)C2(CO)COC2)cc1C. The number of hydrogen-bond acceptors (Lipinski definition) is 4. The van der Waals surface area contributed by atoms with E-state index in [0.717, 1.165) is 16.9 Å². The van der Waals surface area contributed by atoms with Gasteiger partial charge in [-0.2, -0.15) is 0 Å². The first-order valence-corrected chi connectivity index (χ1v) is 5.72. The molecule has 1 aromatic rings. The highest BCUT2D eigenvalue weighted by Gasteiger charge is 2.44. The van der Waals surface area contributed by atoms with E-state index in [9.17, 15) is 5.11 Å². The van der Waals surface area contributed by atoms with Crippen LogP contribution in [0.25, 0.3) is 0 Å². The maximum Gasteiger partial charge on any atom is 0.121 e. The molecule has 0 aliphatic carbocycles. The molecule has 1 aliphatic rings. The summed E-state index contributed by atoms with van der Waals surface area (Å²) in [4.78, 5) is 0. The smallest absolute Gasteiger partial charge is 0.121 e. The van der Waals surface area contributed by atoms with Gasteiger partial charge in [-0.3, -0.25) is 0 Å². The van der Waals surface area contributed by atoms with Crippen molar-refractivity contribution in [3.05, 3.63) is 29.3 Å². The Morgan fingerprint density at radius 2 is 2.24 bits per heavy atom. The minimum absolute atomic E-state index is 0.0548. The van der Waals surface area contributed by atoms with E-state index in [0.29, 0.717) is 13.2 Å². The van der Waals surface area contributed by atoms with Crippen molar-refractivity contribution in [3.63, 3.8) is 0 Å². The summed E-state index contributed by atoms with van der Waals surface area (Å²) >= 11 is 0. The Kier molecular flexibility index (Phi) is 3.38. The quantitative estimate of drug-likeness (QED) is 0.820. The first-order valence-electron chi connectivity index (χ1n) is 5.72. The lowest BCUT2D eigenvalue weighted by atomic mass is 9.76. The molecule has 0 radical (unpaired) electrons. The molecule has 0 aromatic heterocycles. The fourth-order valence-electron chi connectivity index (χ4n) is 2.18. The number of aryl methyl sites for hydroxylation is 1. The van der Waals surface area contributed by atoms with Gasteiger partial charge in [0, 0.05) is 6.04 Å². The van der Waals surface area contributed by atoms with Crippen LogP contribution in [0.1, 0.15) is 17.2 Å². The Morgan fingerprint density at radius 3 is 2.65 bits per heavy atom. The Bertz CT molecular complexity index is 396. The van der Waals surface area contributed by atoms with Gasteiger partial charge in [-0.25, -0.2) is 0 Å². The van der Waals surface area contributed by atoms with E-state index >= 15 is 0 Å². The number of nitrogens with two attached hydrogens (primary N) is 1. The molecule has 1 aromatic carbocycles. The summed E-state index contributed by atoms with van der Waals surface area (Å²) in [6.45, 7) is 3.09. The van der Waals surface area contributed by atoms with Crippen LogP contribution in [0.4, 0.5) is 0 Å². The molecular formula is C13H19NO3. The monoisotopic (exact) mass is 237 g/mol. The van der Waals surface area contributed by atoms with Crippen molar-refractivity contribution in [2.45, 2.75) is 13.0 Å². The van der Waals surface area contributed by atoms with E-state index in [4.69, 9.17) is 15.2 Å². The van der Waals surface area contributed by atoms with Crippen LogP contribution in [-0.2, 0) is 4.74 Å². The van der Waals surface area contributed by atoms with Gasteiger partial charge in [0.05, 0.1) is 32.3 Å². The molecule has 1 saturated heterocycles. The zero-order chi connectivity index (χ0) is 12.5. The average molecular weight is 237 g/mol. The largest absolute Gasteiger partial charge is 0.496 e. The van der Waals surface area contributed by atoms with Crippen LogP contribution in [0.2, 0.25) is 0 Å². The van der Waals surface area contributed by atoms with E-state index in [2.05, 4.69) is 0 Å². The zero-order valence-electron chi connectivity index (χ0n) is 10.3. The van der Waals surface area contributed by atoms with Crippen LogP contribution in [0.5, 0.6) is 5.75 Å². The summed E-state index contributed by atoms with van der Waals surface area (Å²) in [7, 11) is 1.65. The van der Waals surface area contributed by atoms with Gasteiger partial charge in [-0.15, -0.1) is 0 Å². The minimum atomic E-state index is -0.318. The van der Waals surface area contributed by atoms with Crippen molar-refractivity contribution < 1.29 is 14.6 Å². The van der Waals surface area contributed by atoms with Crippen LogP contribution < -0.4 is 10.5 Å². The Hall–Kier alpha value is -1.10. The third kappa shape index (κ3) is 2.04. The lowest BCUT2D eigenvalue weighted by Gasteiger charge is -2.44. The van der Waals surface area contributed by atoms with Gasteiger partial charge in [-0.1, -0.05) is 12.1 Å². The second-order valence-electron chi connectivity index (χ2n) is 4.72. The van der Waals surface area contributed by atoms with E-state index in [-0.39, 0.29) is 18.1 Å². The van der Waals surface area contributed by atoms with E-state index in [1.165, 1.54) is 0 Å². The molecule has 17 heavy (non-hydrogen) atoms. The van der Waals surface area contributed by atoms with E-state index in [1.807, 2.05) is 25.1 Å². The van der Waals surface area contributed by atoms with Crippen molar-refractivity contribution in [3.8, 4) is 5.75 Å². The third-order valence-corrected chi connectivity index (χ3v) is 3.53. The van der Waals surface area contributed by atoms with Crippen molar-refractivity contribution in [2.75, 3.05) is 26.9 Å². The predicted octanol–water partition coefficient (Wildman–Crippen LogP) is 1.01. The van der Waals surface area contributed by atoms with Gasteiger partial charge < -0.3 is 20.3 Å². The van der Waals surface area contributed by atoms with Crippen LogP contribution in [0, 0.1) is 12.3 Å². The first kappa shape index (κ1) is 12.4. The van der Waals surface area contributed by atoms with Crippen molar-refractivity contribution in [1.29, 1.82) is 0 Å². The topological polar surface area (TPSA) is 64.7 Å². The first-order chi connectivity index (χ1) is 8.13. The average Bonchev–Trinajstić information content (AvgIpc) is 2.28. The lowest BCUT2D eigenvalue weighted by Crippen LogP contribution is -2.52. The predicted molar refractivity (Wildman–Crippen MR) is 65.0 cm³/mol. The standard InChI is InChI=1S/C13H19NO3/c1-9-5-10(3-4-11(9)16-2)12(14)13(6-15)7-17-8-13/h3-5,12,15H,6-8,14H2,1-2H3. The van der Waals surface area contributed by atoms with Gasteiger partial charge >= 0.3 is 0 Å². The maximum atomic E-state index is 9.45. The molecule has 4 heteroatoms. The second-order valence-corrected chi connectivity index (χ2v) is 4.72. The van der Waals surface area contributed by atoms with Crippen LogP contribution in [0.3, 0.4) is 0 Å².